The fourth-order valence-electron chi connectivity index (χ4n) is 0.960. The van der Waals surface area contributed by atoms with Gasteiger partial charge in [0.25, 0.3) is 6.01 Å². The summed E-state index contributed by atoms with van der Waals surface area (Å²) in [5.74, 6) is 0. The SMILES string of the molecule is Cn1ccnc1OC1CNC1. The van der Waals surface area contributed by atoms with Crippen molar-refractivity contribution >= 4 is 0 Å². The molecule has 1 fully saturated rings. The number of imidazole rings is 1. The van der Waals surface area contributed by atoms with Gasteiger partial charge in [-0.25, -0.2) is 4.98 Å². The van der Waals surface area contributed by atoms with Gasteiger partial charge in [0.15, 0.2) is 0 Å². The monoisotopic (exact) mass is 153 g/mol. The maximum Gasteiger partial charge on any atom is 0.296 e. The van der Waals surface area contributed by atoms with Crippen LogP contribution in [-0.4, -0.2) is 28.7 Å². The van der Waals surface area contributed by atoms with Crippen LogP contribution in [0.2, 0.25) is 0 Å². The first-order chi connectivity index (χ1) is 5.36. The van der Waals surface area contributed by atoms with Crippen LogP contribution in [0.15, 0.2) is 12.4 Å². The highest BCUT2D eigenvalue weighted by atomic mass is 16.5. The summed E-state index contributed by atoms with van der Waals surface area (Å²) in [7, 11) is 1.93. The Labute approximate surface area is 65.2 Å². The van der Waals surface area contributed by atoms with Crippen LogP contribution in [0.1, 0.15) is 0 Å². The van der Waals surface area contributed by atoms with Crippen LogP contribution in [0.25, 0.3) is 0 Å². The molecule has 0 radical (unpaired) electrons. The standard InChI is InChI=1S/C7H11N3O/c1-10-3-2-9-7(10)11-6-4-8-5-6/h2-3,6,8H,4-5H2,1H3. The van der Waals surface area contributed by atoms with Gasteiger partial charge in [-0.1, -0.05) is 0 Å². The molecule has 4 heteroatoms. The summed E-state index contributed by atoms with van der Waals surface area (Å²) in [6.45, 7) is 1.87. The maximum atomic E-state index is 5.51. The molecule has 0 aliphatic carbocycles. The van der Waals surface area contributed by atoms with Crippen molar-refractivity contribution in [1.29, 1.82) is 0 Å². The molecule has 0 aromatic carbocycles. The summed E-state index contributed by atoms with van der Waals surface area (Å²) < 4.78 is 7.38. The average molecular weight is 153 g/mol. The largest absolute Gasteiger partial charge is 0.459 e. The molecule has 11 heavy (non-hydrogen) atoms. The summed E-state index contributed by atoms with van der Waals surface area (Å²) in [5.41, 5.74) is 0. The van der Waals surface area contributed by atoms with E-state index in [0.29, 0.717) is 12.1 Å². The number of nitrogens with zero attached hydrogens (tertiary/aromatic N) is 2. The number of aromatic nitrogens is 2. The molecular weight excluding hydrogens is 142 g/mol. The molecule has 0 atom stereocenters. The zero-order chi connectivity index (χ0) is 7.68. The fraction of sp³-hybridized carbons (Fsp3) is 0.571. The highest BCUT2D eigenvalue weighted by Crippen LogP contribution is 2.08. The Bertz CT molecular complexity index is 242. The van der Waals surface area contributed by atoms with Crippen LogP contribution in [0, 0.1) is 0 Å². The summed E-state index contributed by atoms with van der Waals surface area (Å²) in [5, 5.41) is 3.13. The Morgan fingerprint density at radius 2 is 2.55 bits per heavy atom. The molecule has 0 saturated carbocycles. The molecule has 1 saturated heterocycles. The van der Waals surface area contributed by atoms with E-state index in [1.807, 2.05) is 17.8 Å². The Hall–Kier alpha value is -1.03. The summed E-state index contributed by atoms with van der Waals surface area (Å²) >= 11 is 0. The van der Waals surface area contributed by atoms with E-state index in [2.05, 4.69) is 10.3 Å². The lowest BCUT2D eigenvalue weighted by molar-refractivity contribution is 0.125. The van der Waals surface area contributed by atoms with E-state index >= 15 is 0 Å². The number of ether oxygens (including phenoxy) is 1. The van der Waals surface area contributed by atoms with Gasteiger partial charge in [0.05, 0.1) is 0 Å². The Balaban J connectivity index is 1.99. The van der Waals surface area contributed by atoms with Gasteiger partial charge in [-0.05, 0) is 0 Å². The van der Waals surface area contributed by atoms with E-state index in [9.17, 15) is 0 Å². The minimum atomic E-state index is 0.316. The molecule has 0 unspecified atom stereocenters. The van der Waals surface area contributed by atoms with Crippen molar-refractivity contribution in [2.24, 2.45) is 7.05 Å². The number of nitrogens with one attached hydrogen (secondary N) is 1. The number of hydrogen-bond donors (Lipinski definition) is 1. The average Bonchev–Trinajstić information content (AvgIpc) is 2.27. The van der Waals surface area contributed by atoms with E-state index in [1.54, 1.807) is 6.20 Å². The zero-order valence-electron chi connectivity index (χ0n) is 6.45. The van der Waals surface area contributed by atoms with Crippen LogP contribution in [0.3, 0.4) is 0 Å². The van der Waals surface area contributed by atoms with E-state index in [4.69, 9.17) is 4.74 Å². The van der Waals surface area contributed by atoms with Gasteiger partial charge >= 0.3 is 0 Å². The van der Waals surface area contributed by atoms with Crippen molar-refractivity contribution in [3.05, 3.63) is 12.4 Å². The second-order valence-corrected chi connectivity index (χ2v) is 2.72. The molecule has 0 amide bonds. The van der Waals surface area contributed by atoms with E-state index < -0.39 is 0 Å². The first kappa shape index (κ1) is 6.67. The molecule has 60 valence electrons. The second-order valence-electron chi connectivity index (χ2n) is 2.72. The topological polar surface area (TPSA) is 39.1 Å². The minimum Gasteiger partial charge on any atom is -0.459 e. The highest BCUT2D eigenvalue weighted by molar-refractivity contribution is 4.99. The van der Waals surface area contributed by atoms with Gasteiger partial charge in [0, 0.05) is 32.5 Å². The molecule has 1 aliphatic rings. The van der Waals surface area contributed by atoms with Crippen molar-refractivity contribution in [1.82, 2.24) is 14.9 Å². The van der Waals surface area contributed by atoms with Crippen LogP contribution >= 0.6 is 0 Å². The van der Waals surface area contributed by atoms with Gasteiger partial charge in [0.1, 0.15) is 6.10 Å². The lowest BCUT2D eigenvalue weighted by Crippen LogP contribution is -2.50. The quantitative estimate of drug-likeness (QED) is 0.638. The van der Waals surface area contributed by atoms with Crippen molar-refractivity contribution < 1.29 is 4.74 Å². The molecule has 1 aromatic heterocycles. The van der Waals surface area contributed by atoms with Gasteiger partial charge in [-0.3, -0.25) is 0 Å². The Morgan fingerprint density at radius 3 is 3.00 bits per heavy atom. The van der Waals surface area contributed by atoms with Gasteiger partial charge < -0.3 is 14.6 Å². The van der Waals surface area contributed by atoms with E-state index in [1.165, 1.54) is 0 Å². The van der Waals surface area contributed by atoms with Crippen molar-refractivity contribution in [2.75, 3.05) is 13.1 Å². The molecule has 1 aliphatic heterocycles. The minimum absolute atomic E-state index is 0.316. The predicted octanol–water partition coefficient (Wildman–Crippen LogP) is -0.229. The van der Waals surface area contributed by atoms with Crippen LogP contribution in [-0.2, 0) is 7.05 Å². The smallest absolute Gasteiger partial charge is 0.296 e. The van der Waals surface area contributed by atoms with Gasteiger partial charge in [-0.15, -0.1) is 0 Å². The first-order valence-electron chi connectivity index (χ1n) is 3.71. The lowest BCUT2D eigenvalue weighted by Gasteiger charge is -2.26. The molecular formula is C7H11N3O. The van der Waals surface area contributed by atoms with Crippen molar-refractivity contribution in [2.45, 2.75) is 6.10 Å². The normalized spacial score (nSPS) is 17.9. The second kappa shape index (κ2) is 2.54. The molecule has 2 heterocycles. The van der Waals surface area contributed by atoms with Gasteiger partial charge in [0.2, 0.25) is 0 Å². The van der Waals surface area contributed by atoms with Crippen molar-refractivity contribution in [3.8, 4) is 6.01 Å². The number of rotatable bonds is 2. The molecule has 2 rings (SSSR count). The fourth-order valence-corrected chi connectivity index (χ4v) is 0.960. The summed E-state index contributed by atoms with van der Waals surface area (Å²) in [4.78, 5) is 4.05. The van der Waals surface area contributed by atoms with Crippen LogP contribution in [0.4, 0.5) is 0 Å². The third-order valence-corrected chi connectivity index (χ3v) is 1.79. The van der Waals surface area contributed by atoms with Crippen LogP contribution < -0.4 is 10.1 Å². The predicted molar refractivity (Wildman–Crippen MR) is 40.5 cm³/mol. The number of aryl methyl sites for hydroxylation is 1. The van der Waals surface area contributed by atoms with E-state index in [-0.39, 0.29) is 0 Å². The molecule has 1 N–H and O–H groups in total. The maximum absolute atomic E-state index is 5.51. The Kier molecular flexibility index (Phi) is 1.54. The number of hydrogen-bond acceptors (Lipinski definition) is 3. The van der Waals surface area contributed by atoms with Crippen LogP contribution in [0.5, 0.6) is 6.01 Å². The van der Waals surface area contributed by atoms with Gasteiger partial charge in [-0.2, -0.15) is 0 Å². The molecule has 0 spiro atoms. The third-order valence-electron chi connectivity index (χ3n) is 1.79. The molecule has 4 nitrogen and oxygen atoms in total. The first-order valence-corrected chi connectivity index (χ1v) is 3.71. The van der Waals surface area contributed by atoms with Crippen molar-refractivity contribution in [3.63, 3.8) is 0 Å². The molecule has 0 bridgehead atoms. The zero-order valence-corrected chi connectivity index (χ0v) is 6.45. The summed E-state index contributed by atoms with van der Waals surface area (Å²) in [6.07, 6.45) is 3.93. The van der Waals surface area contributed by atoms with E-state index in [0.717, 1.165) is 13.1 Å². The Morgan fingerprint density at radius 1 is 1.73 bits per heavy atom. The summed E-state index contributed by atoms with van der Waals surface area (Å²) in [6, 6.07) is 0.705. The highest BCUT2D eigenvalue weighted by Gasteiger charge is 2.19. The lowest BCUT2D eigenvalue weighted by atomic mass is 10.2. The molecule has 1 aromatic rings. The third kappa shape index (κ3) is 1.21.